The van der Waals surface area contributed by atoms with Crippen LogP contribution in [0.4, 0.5) is 22.0 Å². The summed E-state index contributed by atoms with van der Waals surface area (Å²) in [5, 5.41) is 1.91. The van der Waals surface area contributed by atoms with Crippen LogP contribution in [-0.4, -0.2) is 36.4 Å². The predicted octanol–water partition coefficient (Wildman–Crippen LogP) is 5.23. The predicted molar refractivity (Wildman–Crippen MR) is 120 cm³/mol. The lowest BCUT2D eigenvalue weighted by Gasteiger charge is -2.37. The van der Waals surface area contributed by atoms with Crippen molar-refractivity contribution in [1.82, 2.24) is 10.0 Å². The van der Waals surface area contributed by atoms with Crippen LogP contribution in [0.5, 0.6) is 5.75 Å². The molecule has 0 saturated heterocycles. The minimum Gasteiger partial charge on any atom is -0.435 e. The highest BCUT2D eigenvalue weighted by atomic mass is 32.2. The number of amides is 2. The summed E-state index contributed by atoms with van der Waals surface area (Å²) in [6, 6.07) is 4.69. The van der Waals surface area contributed by atoms with Crippen molar-refractivity contribution in [3.05, 3.63) is 35.4 Å². The Morgan fingerprint density at radius 3 is 2.47 bits per heavy atom. The minimum atomic E-state index is -4.94. The minimum absolute atomic E-state index is 0.0843. The van der Waals surface area contributed by atoms with Gasteiger partial charge < -0.3 is 10.1 Å². The second kappa shape index (κ2) is 12.1. The molecule has 11 heteroatoms. The molecule has 0 spiro atoms. The number of ether oxygens (including phenoxy) is 1. The maximum atomic E-state index is 14.2. The lowest BCUT2D eigenvalue weighted by Crippen LogP contribution is -2.61. The highest BCUT2D eigenvalue weighted by Gasteiger charge is 2.58. The number of rotatable bonds is 9. The first-order valence-electron chi connectivity index (χ1n) is 10.6. The monoisotopic (exact) mass is 504 g/mol. The molecule has 186 valence electrons. The third-order valence-electron chi connectivity index (χ3n) is 5.09. The number of carbonyl (C=O) groups is 2. The van der Waals surface area contributed by atoms with Crippen molar-refractivity contribution in [2.24, 2.45) is 0 Å². The average molecular weight is 505 g/mol. The molecule has 5 nitrogen and oxygen atoms in total. The summed E-state index contributed by atoms with van der Waals surface area (Å²) in [4.78, 5) is 25.3. The fourth-order valence-electron chi connectivity index (χ4n) is 3.43. The fourth-order valence-corrected chi connectivity index (χ4v) is 3.72. The summed E-state index contributed by atoms with van der Waals surface area (Å²) in [7, 11) is 0. The third kappa shape index (κ3) is 6.88. The summed E-state index contributed by atoms with van der Waals surface area (Å²) < 4.78 is 74.2. The second-order valence-corrected chi connectivity index (χ2v) is 8.15. The van der Waals surface area contributed by atoms with Crippen LogP contribution in [0.1, 0.15) is 51.0 Å². The average Bonchev–Trinajstić information content (AvgIpc) is 2.75. The van der Waals surface area contributed by atoms with Crippen LogP contribution in [0.15, 0.2) is 29.8 Å². The molecule has 1 aromatic rings. The van der Waals surface area contributed by atoms with Gasteiger partial charge in [-0.1, -0.05) is 56.2 Å². The van der Waals surface area contributed by atoms with E-state index in [2.05, 4.69) is 21.3 Å². The lowest BCUT2D eigenvalue weighted by molar-refractivity contribution is -0.180. The number of hydrogen-bond donors (Lipinski definition) is 2. The molecule has 2 amide bonds. The first kappa shape index (κ1) is 27.5. The van der Waals surface area contributed by atoms with Gasteiger partial charge in [0.2, 0.25) is 5.54 Å². The van der Waals surface area contributed by atoms with Crippen LogP contribution in [-0.2, 0) is 9.59 Å². The normalized spacial score (nSPS) is 18.3. The number of unbranched alkanes of at least 4 members (excludes halogenated alkanes) is 4. The van der Waals surface area contributed by atoms with Crippen molar-refractivity contribution in [3.63, 3.8) is 0 Å². The van der Waals surface area contributed by atoms with Gasteiger partial charge in [-0.15, -0.1) is 5.92 Å². The molecule has 0 aromatic heterocycles. The number of nitrogens with one attached hydrogen (secondary N) is 2. The summed E-state index contributed by atoms with van der Waals surface area (Å²) in [6.07, 6.45) is -0.667. The van der Waals surface area contributed by atoms with Crippen LogP contribution >= 0.6 is 11.9 Å². The van der Waals surface area contributed by atoms with E-state index in [0.717, 1.165) is 43.3 Å². The largest absolute Gasteiger partial charge is 0.435 e. The molecule has 0 saturated carbocycles. The molecule has 0 fully saturated rings. The number of carbonyl (C=O) groups excluding carboxylic acids is 2. The third-order valence-corrected chi connectivity index (χ3v) is 5.48. The summed E-state index contributed by atoms with van der Waals surface area (Å²) in [5.41, 5.74) is -3.51. The number of alkyl halides is 5. The molecule has 2 N–H and O–H groups in total. The molecule has 0 radical (unpaired) electrons. The number of hydrogen-bond acceptors (Lipinski definition) is 4. The van der Waals surface area contributed by atoms with E-state index in [9.17, 15) is 31.5 Å². The molecule has 1 aromatic carbocycles. The Hall–Kier alpha value is -2.74. The van der Waals surface area contributed by atoms with Crippen LogP contribution in [0.25, 0.3) is 5.57 Å². The summed E-state index contributed by atoms with van der Waals surface area (Å²) >= 11 is 0.873. The van der Waals surface area contributed by atoms with Crippen molar-refractivity contribution in [2.75, 3.05) is 6.26 Å². The quantitative estimate of drug-likeness (QED) is 0.159. The second-order valence-electron chi connectivity index (χ2n) is 7.54. The van der Waals surface area contributed by atoms with Gasteiger partial charge in [-0.25, -0.2) is 0 Å². The topological polar surface area (TPSA) is 67.4 Å². The van der Waals surface area contributed by atoms with E-state index in [1.807, 2.05) is 12.2 Å². The zero-order chi connectivity index (χ0) is 25.4. The van der Waals surface area contributed by atoms with Crippen LogP contribution in [0, 0.1) is 11.8 Å². The van der Waals surface area contributed by atoms with E-state index in [1.165, 1.54) is 18.4 Å². The maximum Gasteiger partial charge on any atom is 0.423 e. The van der Waals surface area contributed by atoms with E-state index in [-0.39, 0.29) is 23.3 Å². The first-order chi connectivity index (χ1) is 16.0. The molecule has 1 aliphatic rings. The molecule has 34 heavy (non-hydrogen) atoms. The van der Waals surface area contributed by atoms with Crippen molar-refractivity contribution >= 4 is 29.3 Å². The Balaban J connectivity index is 2.52. The Kier molecular flexibility index (Phi) is 9.79. The van der Waals surface area contributed by atoms with Gasteiger partial charge in [0.15, 0.2) is 0 Å². The molecule has 1 heterocycles. The van der Waals surface area contributed by atoms with Gasteiger partial charge in [0.25, 0.3) is 11.8 Å². The van der Waals surface area contributed by atoms with Crippen molar-refractivity contribution in [2.45, 2.75) is 63.8 Å². The molecule has 1 atom stereocenters. The zero-order valence-corrected chi connectivity index (χ0v) is 19.5. The molecule has 2 rings (SSSR count). The fraction of sp³-hybridized carbons (Fsp3) is 0.478. The van der Waals surface area contributed by atoms with E-state index < -0.39 is 42.1 Å². The lowest BCUT2D eigenvalue weighted by atomic mass is 9.80. The smallest absolute Gasteiger partial charge is 0.423 e. The van der Waals surface area contributed by atoms with Gasteiger partial charge in [-0.2, -0.15) is 22.0 Å². The number of benzene rings is 1. The van der Waals surface area contributed by atoms with Crippen molar-refractivity contribution < 1.29 is 36.3 Å². The maximum absolute atomic E-state index is 14.2. The Bertz CT molecular complexity index is 968. The Morgan fingerprint density at radius 2 is 1.91 bits per heavy atom. The molecule has 1 aliphatic heterocycles. The van der Waals surface area contributed by atoms with E-state index in [0.29, 0.717) is 6.42 Å². The van der Waals surface area contributed by atoms with Gasteiger partial charge in [0.05, 0.1) is 0 Å². The standard InChI is InChI=1S/C23H25F5N2O3S/c1-3-4-5-6-7-8-13-22(23(26,27)28)14-17(18(19(31)29-22)20(32)30-34-2)15-9-11-16(12-10-15)33-21(24)25/h9-12,21H,3-7,14H2,1-2H3,(H,29,31)(H,30,32). The van der Waals surface area contributed by atoms with Crippen molar-refractivity contribution in [3.8, 4) is 17.6 Å². The van der Waals surface area contributed by atoms with Crippen LogP contribution in [0.2, 0.25) is 0 Å². The molecule has 1 unspecified atom stereocenters. The molecule has 0 aliphatic carbocycles. The van der Waals surface area contributed by atoms with E-state index in [1.54, 1.807) is 0 Å². The van der Waals surface area contributed by atoms with E-state index in [4.69, 9.17) is 0 Å². The summed E-state index contributed by atoms with van der Waals surface area (Å²) in [6.45, 7) is -1.08. The zero-order valence-electron chi connectivity index (χ0n) is 18.7. The van der Waals surface area contributed by atoms with Crippen LogP contribution < -0.4 is 14.8 Å². The first-order valence-corrected chi connectivity index (χ1v) is 11.8. The Labute approximate surface area is 199 Å². The van der Waals surface area contributed by atoms with Crippen molar-refractivity contribution in [1.29, 1.82) is 0 Å². The van der Waals surface area contributed by atoms with Gasteiger partial charge in [-0.3, -0.25) is 14.3 Å². The van der Waals surface area contributed by atoms with Gasteiger partial charge in [0.1, 0.15) is 11.3 Å². The van der Waals surface area contributed by atoms with Gasteiger partial charge >= 0.3 is 12.8 Å². The highest BCUT2D eigenvalue weighted by Crippen LogP contribution is 2.42. The summed E-state index contributed by atoms with van der Waals surface area (Å²) in [5.74, 6) is 2.43. The molecular weight excluding hydrogens is 479 g/mol. The van der Waals surface area contributed by atoms with Gasteiger partial charge in [-0.05, 0) is 29.7 Å². The van der Waals surface area contributed by atoms with E-state index >= 15 is 0 Å². The highest BCUT2D eigenvalue weighted by molar-refractivity contribution is 7.97. The molecule has 0 bridgehead atoms. The molecular formula is C23H25F5N2O3S. The number of halogens is 5. The van der Waals surface area contributed by atoms with Gasteiger partial charge in [0, 0.05) is 19.1 Å². The Morgan fingerprint density at radius 1 is 1.24 bits per heavy atom. The van der Waals surface area contributed by atoms with Crippen LogP contribution in [0.3, 0.4) is 0 Å². The SMILES string of the molecule is CCCCCCC#CC1(C(F)(F)F)CC(c2ccc(OC(F)F)cc2)=C(C(=O)NSC)C(=O)N1.